The lowest BCUT2D eigenvalue weighted by atomic mass is 9.96. The van der Waals surface area contributed by atoms with Crippen LogP contribution in [0.1, 0.15) is 36.8 Å². The first-order chi connectivity index (χ1) is 13.3. The topological polar surface area (TPSA) is 78.7 Å². The molecule has 0 unspecified atom stereocenters. The minimum atomic E-state index is -4.51. The molecule has 1 aromatic rings. The zero-order valence-corrected chi connectivity index (χ0v) is 15.6. The smallest absolute Gasteiger partial charge is 0.326 e. The first kappa shape index (κ1) is 20.4. The van der Waals surface area contributed by atoms with E-state index in [1.54, 1.807) is 4.90 Å². The van der Waals surface area contributed by atoms with Gasteiger partial charge in [0.1, 0.15) is 0 Å². The molecule has 0 saturated carbocycles. The Hall–Kier alpha value is -2.29. The van der Waals surface area contributed by atoms with Gasteiger partial charge in [0.05, 0.1) is 5.56 Å². The summed E-state index contributed by atoms with van der Waals surface area (Å²) in [4.78, 5) is 28.5. The number of hydrogen-bond acceptors (Lipinski definition) is 3. The molecule has 0 spiro atoms. The standard InChI is InChI=1S/C19H25F3N4O2/c20-19(21,22)15-9-13(12-23)10-16(11-15)24-17(27)14-3-7-26(8-4-14)18(28)25-5-1-2-6-25/h9-11,14H,1-8,12,23H2,(H,24,27). The number of rotatable bonds is 3. The van der Waals surface area contributed by atoms with Crippen LogP contribution in [0.5, 0.6) is 0 Å². The second-order valence-corrected chi connectivity index (χ2v) is 7.35. The number of urea groups is 1. The third kappa shape index (κ3) is 4.76. The molecule has 2 fully saturated rings. The molecule has 2 saturated heterocycles. The molecular formula is C19H25F3N4O2. The van der Waals surface area contributed by atoms with Crippen LogP contribution in [0.2, 0.25) is 0 Å². The summed E-state index contributed by atoms with van der Waals surface area (Å²) >= 11 is 0. The minimum absolute atomic E-state index is 0.0156. The average Bonchev–Trinajstić information content (AvgIpc) is 3.21. The Morgan fingerprint density at radius 3 is 2.21 bits per heavy atom. The summed E-state index contributed by atoms with van der Waals surface area (Å²) in [6.45, 7) is 2.45. The van der Waals surface area contributed by atoms with Crippen molar-refractivity contribution < 1.29 is 22.8 Å². The zero-order valence-electron chi connectivity index (χ0n) is 15.6. The van der Waals surface area contributed by atoms with Crippen molar-refractivity contribution in [2.45, 2.75) is 38.4 Å². The van der Waals surface area contributed by atoms with Crippen molar-refractivity contribution in [2.24, 2.45) is 11.7 Å². The van der Waals surface area contributed by atoms with Crippen molar-refractivity contribution in [2.75, 3.05) is 31.5 Å². The summed E-state index contributed by atoms with van der Waals surface area (Å²) in [7, 11) is 0. The average molecular weight is 398 g/mol. The lowest BCUT2D eigenvalue weighted by molar-refractivity contribution is -0.137. The summed E-state index contributed by atoms with van der Waals surface area (Å²) in [5, 5.41) is 2.59. The number of anilines is 1. The number of benzene rings is 1. The summed E-state index contributed by atoms with van der Waals surface area (Å²) < 4.78 is 39.1. The number of nitrogens with zero attached hydrogens (tertiary/aromatic N) is 2. The van der Waals surface area contributed by atoms with E-state index in [2.05, 4.69) is 5.32 Å². The highest BCUT2D eigenvalue weighted by Crippen LogP contribution is 2.32. The Balaban J connectivity index is 1.59. The number of nitrogens with one attached hydrogen (secondary N) is 1. The van der Waals surface area contributed by atoms with Crippen molar-refractivity contribution >= 4 is 17.6 Å². The molecule has 3 N–H and O–H groups in total. The molecule has 154 valence electrons. The lowest BCUT2D eigenvalue weighted by Gasteiger charge is -2.34. The Labute approximate surface area is 161 Å². The van der Waals surface area contributed by atoms with Gasteiger partial charge in [-0.2, -0.15) is 13.2 Å². The highest BCUT2D eigenvalue weighted by atomic mass is 19.4. The Kier molecular flexibility index (Phi) is 6.12. The number of likely N-dealkylation sites (tertiary alicyclic amines) is 2. The monoisotopic (exact) mass is 398 g/mol. The van der Waals surface area contributed by atoms with Crippen LogP contribution in [0.4, 0.5) is 23.7 Å². The maximum absolute atomic E-state index is 13.0. The van der Waals surface area contributed by atoms with Crippen LogP contribution in [0.25, 0.3) is 0 Å². The summed E-state index contributed by atoms with van der Waals surface area (Å²) in [6, 6.07) is 3.38. The fourth-order valence-corrected chi connectivity index (χ4v) is 3.73. The van der Waals surface area contributed by atoms with Gasteiger partial charge in [0.25, 0.3) is 0 Å². The fourth-order valence-electron chi connectivity index (χ4n) is 3.73. The maximum atomic E-state index is 13.0. The molecular weight excluding hydrogens is 373 g/mol. The van der Waals surface area contributed by atoms with Gasteiger partial charge in [0.2, 0.25) is 5.91 Å². The van der Waals surface area contributed by atoms with E-state index >= 15 is 0 Å². The Morgan fingerprint density at radius 1 is 1.04 bits per heavy atom. The summed E-state index contributed by atoms with van der Waals surface area (Å²) in [5.41, 5.74) is 5.04. The number of nitrogens with two attached hydrogens (primary N) is 1. The maximum Gasteiger partial charge on any atom is 0.416 e. The molecule has 0 radical (unpaired) electrons. The molecule has 2 aliphatic heterocycles. The molecule has 2 aliphatic rings. The van der Waals surface area contributed by atoms with Crippen molar-refractivity contribution in [1.29, 1.82) is 0 Å². The predicted octanol–water partition coefficient (Wildman–Crippen LogP) is 3.03. The number of alkyl halides is 3. The second-order valence-electron chi connectivity index (χ2n) is 7.35. The lowest BCUT2D eigenvalue weighted by Crippen LogP contribution is -2.47. The van der Waals surface area contributed by atoms with Crippen molar-refractivity contribution in [3.8, 4) is 0 Å². The Morgan fingerprint density at radius 2 is 1.64 bits per heavy atom. The molecule has 0 atom stereocenters. The van der Waals surface area contributed by atoms with Gasteiger partial charge in [-0.15, -0.1) is 0 Å². The first-order valence-corrected chi connectivity index (χ1v) is 9.54. The van der Waals surface area contributed by atoms with Crippen LogP contribution in [0.15, 0.2) is 18.2 Å². The van der Waals surface area contributed by atoms with E-state index in [9.17, 15) is 22.8 Å². The van der Waals surface area contributed by atoms with E-state index in [0.717, 1.165) is 38.1 Å². The number of hydrogen-bond donors (Lipinski definition) is 2. The molecule has 3 amide bonds. The van der Waals surface area contributed by atoms with Gasteiger partial charge < -0.3 is 20.9 Å². The molecule has 2 heterocycles. The van der Waals surface area contributed by atoms with Gasteiger partial charge >= 0.3 is 12.2 Å². The highest BCUT2D eigenvalue weighted by molar-refractivity contribution is 5.93. The van der Waals surface area contributed by atoms with E-state index in [4.69, 9.17) is 5.73 Å². The van der Waals surface area contributed by atoms with Crippen LogP contribution in [-0.4, -0.2) is 47.9 Å². The van der Waals surface area contributed by atoms with Gasteiger partial charge in [-0.25, -0.2) is 4.79 Å². The number of carbonyl (C=O) groups is 2. The van der Waals surface area contributed by atoms with E-state index in [0.29, 0.717) is 31.5 Å². The van der Waals surface area contributed by atoms with Crippen LogP contribution < -0.4 is 11.1 Å². The predicted molar refractivity (Wildman–Crippen MR) is 98.5 cm³/mol. The summed E-state index contributed by atoms with van der Waals surface area (Å²) in [5.74, 6) is -0.658. The molecule has 0 aromatic heterocycles. The SMILES string of the molecule is NCc1cc(NC(=O)C2CCN(C(=O)N3CCCC3)CC2)cc(C(F)(F)F)c1. The van der Waals surface area contributed by atoms with Gasteiger partial charge in [-0.05, 0) is 49.4 Å². The van der Waals surface area contributed by atoms with Gasteiger partial charge in [0, 0.05) is 44.3 Å². The third-order valence-corrected chi connectivity index (χ3v) is 5.34. The third-order valence-electron chi connectivity index (χ3n) is 5.34. The Bertz CT molecular complexity index is 724. The van der Waals surface area contributed by atoms with Gasteiger partial charge in [-0.3, -0.25) is 4.79 Å². The molecule has 28 heavy (non-hydrogen) atoms. The quantitative estimate of drug-likeness (QED) is 0.822. The second kappa shape index (κ2) is 8.38. The van der Waals surface area contributed by atoms with Gasteiger partial charge in [0.15, 0.2) is 0 Å². The number of piperidine rings is 1. The molecule has 9 heteroatoms. The normalized spacial score (nSPS) is 18.4. The highest BCUT2D eigenvalue weighted by Gasteiger charge is 2.33. The largest absolute Gasteiger partial charge is 0.416 e. The molecule has 6 nitrogen and oxygen atoms in total. The van der Waals surface area contributed by atoms with E-state index < -0.39 is 11.7 Å². The molecule has 3 rings (SSSR count). The van der Waals surface area contributed by atoms with Crippen molar-refractivity contribution in [3.05, 3.63) is 29.3 Å². The molecule has 0 bridgehead atoms. The fraction of sp³-hybridized carbons (Fsp3) is 0.579. The van der Waals surface area contributed by atoms with Crippen molar-refractivity contribution in [1.82, 2.24) is 9.80 Å². The van der Waals surface area contributed by atoms with E-state index in [-0.39, 0.29) is 30.1 Å². The summed E-state index contributed by atoms with van der Waals surface area (Å²) in [6.07, 6.45) is -1.48. The minimum Gasteiger partial charge on any atom is -0.326 e. The number of amides is 3. The van der Waals surface area contributed by atoms with E-state index in [1.165, 1.54) is 6.07 Å². The van der Waals surface area contributed by atoms with E-state index in [1.807, 2.05) is 4.90 Å². The van der Waals surface area contributed by atoms with Crippen LogP contribution in [0, 0.1) is 5.92 Å². The number of carbonyl (C=O) groups excluding carboxylic acids is 2. The molecule has 1 aromatic carbocycles. The first-order valence-electron chi connectivity index (χ1n) is 9.54. The number of halogens is 3. The van der Waals surface area contributed by atoms with Crippen LogP contribution in [0.3, 0.4) is 0 Å². The molecule has 0 aliphatic carbocycles. The van der Waals surface area contributed by atoms with Crippen molar-refractivity contribution in [3.63, 3.8) is 0 Å². The van der Waals surface area contributed by atoms with Crippen LogP contribution >= 0.6 is 0 Å². The van der Waals surface area contributed by atoms with Crippen LogP contribution in [-0.2, 0) is 17.5 Å². The zero-order chi connectivity index (χ0) is 20.3. The van der Waals surface area contributed by atoms with Gasteiger partial charge in [-0.1, -0.05) is 0 Å².